The number of hydrogen-bond acceptors (Lipinski definition) is 5. The molecule has 1 atom stereocenters. The van der Waals surface area contributed by atoms with E-state index in [0.717, 1.165) is 31.7 Å². The third-order valence-electron chi connectivity index (χ3n) is 3.36. The lowest BCUT2D eigenvalue weighted by Crippen LogP contribution is -2.36. The molecule has 2 rings (SSSR count). The molecule has 0 aliphatic carbocycles. The summed E-state index contributed by atoms with van der Waals surface area (Å²) in [6.07, 6.45) is 0.761. The summed E-state index contributed by atoms with van der Waals surface area (Å²) in [6, 6.07) is 3.58. The fraction of sp³-hybridized carbons (Fsp3) is 0.667. The van der Waals surface area contributed by atoms with E-state index in [9.17, 15) is 4.79 Å². The van der Waals surface area contributed by atoms with E-state index in [1.807, 2.05) is 26.8 Å². The van der Waals surface area contributed by atoms with E-state index in [0.29, 0.717) is 17.6 Å². The summed E-state index contributed by atoms with van der Waals surface area (Å²) in [6.45, 7) is 8.61. The second kappa shape index (κ2) is 7.24. The van der Waals surface area contributed by atoms with Gasteiger partial charge in [0.2, 0.25) is 0 Å². The van der Waals surface area contributed by atoms with Crippen molar-refractivity contribution in [3.05, 3.63) is 23.0 Å². The molecule has 1 aromatic heterocycles. The van der Waals surface area contributed by atoms with E-state index in [4.69, 9.17) is 16.3 Å². The molecular weight excluding hydrogens is 304 g/mol. The van der Waals surface area contributed by atoms with Crippen LogP contribution in [0.25, 0.3) is 0 Å². The highest BCUT2D eigenvalue weighted by atomic mass is 35.5. The van der Waals surface area contributed by atoms with Gasteiger partial charge < -0.3 is 15.0 Å². The molecule has 0 radical (unpaired) electrons. The molecule has 7 heteroatoms. The number of amides is 1. The summed E-state index contributed by atoms with van der Waals surface area (Å²) in [5.74, 6) is 0.438. The zero-order valence-electron chi connectivity index (χ0n) is 13.3. The first-order valence-electron chi connectivity index (χ1n) is 7.50. The molecule has 0 aromatic carbocycles. The molecule has 1 fully saturated rings. The van der Waals surface area contributed by atoms with E-state index < -0.39 is 5.60 Å². The Hall–Kier alpha value is -1.40. The van der Waals surface area contributed by atoms with Crippen LogP contribution in [0.15, 0.2) is 12.1 Å². The average Bonchev–Trinajstić information content (AvgIpc) is 2.88. The van der Waals surface area contributed by atoms with Gasteiger partial charge in [-0.3, -0.25) is 0 Å². The van der Waals surface area contributed by atoms with Crippen molar-refractivity contribution in [2.24, 2.45) is 5.92 Å². The van der Waals surface area contributed by atoms with Gasteiger partial charge in [-0.15, -0.1) is 5.10 Å². The molecule has 1 saturated heterocycles. The van der Waals surface area contributed by atoms with Gasteiger partial charge in [0.25, 0.3) is 0 Å². The summed E-state index contributed by atoms with van der Waals surface area (Å²) in [7, 11) is 0. The molecule has 22 heavy (non-hydrogen) atoms. The summed E-state index contributed by atoms with van der Waals surface area (Å²) < 4.78 is 5.39. The van der Waals surface area contributed by atoms with Crippen LogP contribution in [0.2, 0.25) is 5.15 Å². The van der Waals surface area contributed by atoms with Crippen molar-refractivity contribution in [2.75, 3.05) is 19.6 Å². The SMILES string of the molecule is CC(C)(C)OC(=O)N1CC[C@@H](CNCc2ccc(Cl)nn2)C1. The van der Waals surface area contributed by atoms with Gasteiger partial charge in [-0.25, -0.2) is 4.79 Å². The molecule has 0 unspecified atom stereocenters. The molecule has 1 amide bonds. The predicted molar refractivity (Wildman–Crippen MR) is 84.7 cm³/mol. The van der Waals surface area contributed by atoms with Gasteiger partial charge in [-0.05, 0) is 45.2 Å². The number of rotatable bonds is 4. The third kappa shape index (κ3) is 5.42. The topological polar surface area (TPSA) is 67.3 Å². The third-order valence-corrected chi connectivity index (χ3v) is 3.57. The molecule has 1 N–H and O–H groups in total. The molecule has 2 heterocycles. The van der Waals surface area contributed by atoms with Gasteiger partial charge in [-0.1, -0.05) is 11.6 Å². The maximum absolute atomic E-state index is 12.0. The van der Waals surface area contributed by atoms with Crippen LogP contribution in [0.5, 0.6) is 0 Å². The Morgan fingerprint density at radius 1 is 1.45 bits per heavy atom. The summed E-state index contributed by atoms with van der Waals surface area (Å²) in [5.41, 5.74) is 0.409. The standard InChI is InChI=1S/C15H23ClN4O2/c1-15(2,3)22-14(21)20-7-6-11(10-20)8-17-9-12-4-5-13(16)19-18-12/h4-5,11,17H,6-10H2,1-3H3/t11-/m0/s1. The van der Waals surface area contributed by atoms with Crippen molar-refractivity contribution in [3.63, 3.8) is 0 Å². The summed E-state index contributed by atoms with van der Waals surface area (Å²) >= 11 is 5.70. The first-order chi connectivity index (χ1) is 10.3. The minimum absolute atomic E-state index is 0.224. The highest BCUT2D eigenvalue weighted by molar-refractivity contribution is 6.29. The minimum Gasteiger partial charge on any atom is -0.444 e. The van der Waals surface area contributed by atoms with Crippen LogP contribution in [0.1, 0.15) is 32.9 Å². The molecule has 0 spiro atoms. The van der Waals surface area contributed by atoms with Crippen LogP contribution in [-0.4, -0.2) is 46.4 Å². The second-order valence-electron chi connectivity index (χ2n) is 6.56. The van der Waals surface area contributed by atoms with Crippen LogP contribution < -0.4 is 5.32 Å². The van der Waals surface area contributed by atoms with Crippen molar-refractivity contribution in [1.82, 2.24) is 20.4 Å². The van der Waals surface area contributed by atoms with Crippen LogP contribution >= 0.6 is 11.6 Å². The number of halogens is 1. The number of carbonyl (C=O) groups is 1. The molecular formula is C15H23ClN4O2. The van der Waals surface area contributed by atoms with E-state index in [2.05, 4.69) is 15.5 Å². The molecule has 0 bridgehead atoms. The van der Waals surface area contributed by atoms with Crippen LogP contribution in [-0.2, 0) is 11.3 Å². The van der Waals surface area contributed by atoms with Crippen molar-refractivity contribution < 1.29 is 9.53 Å². The Morgan fingerprint density at radius 3 is 2.86 bits per heavy atom. The molecule has 1 aliphatic rings. The number of likely N-dealkylation sites (tertiary alicyclic amines) is 1. The van der Waals surface area contributed by atoms with E-state index >= 15 is 0 Å². The van der Waals surface area contributed by atoms with Gasteiger partial charge in [0.1, 0.15) is 5.60 Å². The smallest absolute Gasteiger partial charge is 0.410 e. The van der Waals surface area contributed by atoms with Crippen molar-refractivity contribution in [2.45, 2.75) is 39.3 Å². The largest absolute Gasteiger partial charge is 0.444 e. The molecule has 6 nitrogen and oxygen atoms in total. The lowest BCUT2D eigenvalue weighted by Gasteiger charge is -2.24. The number of ether oxygens (including phenoxy) is 1. The number of carbonyl (C=O) groups excluding carboxylic acids is 1. The molecule has 0 saturated carbocycles. The van der Waals surface area contributed by atoms with Crippen molar-refractivity contribution >= 4 is 17.7 Å². The Labute approximate surface area is 136 Å². The monoisotopic (exact) mass is 326 g/mol. The van der Waals surface area contributed by atoms with E-state index in [1.165, 1.54) is 0 Å². The Kier molecular flexibility index (Phi) is 5.58. The first kappa shape index (κ1) is 17.0. The zero-order valence-corrected chi connectivity index (χ0v) is 14.1. The fourth-order valence-electron chi connectivity index (χ4n) is 2.33. The number of hydrogen-bond donors (Lipinski definition) is 1. The molecule has 1 aliphatic heterocycles. The van der Waals surface area contributed by atoms with Crippen LogP contribution in [0, 0.1) is 5.92 Å². The maximum Gasteiger partial charge on any atom is 0.410 e. The lowest BCUT2D eigenvalue weighted by atomic mass is 10.1. The Bertz CT molecular complexity index is 501. The quantitative estimate of drug-likeness (QED) is 0.920. The lowest BCUT2D eigenvalue weighted by molar-refractivity contribution is 0.0288. The first-order valence-corrected chi connectivity index (χ1v) is 7.88. The normalized spacial score (nSPS) is 18.5. The Morgan fingerprint density at radius 2 is 2.23 bits per heavy atom. The van der Waals surface area contributed by atoms with Crippen LogP contribution in [0.3, 0.4) is 0 Å². The van der Waals surface area contributed by atoms with Gasteiger partial charge in [0, 0.05) is 26.2 Å². The highest BCUT2D eigenvalue weighted by Gasteiger charge is 2.29. The minimum atomic E-state index is -0.444. The van der Waals surface area contributed by atoms with Gasteiger partial charge >= 0.3 is 6.09 Å². The summed E-state index contributed by atoms with van der Waals surface area (Å²) in [5, 5.41) is 11.5. The van der Waals surface area contributed by atoms with Gasteiger partial charge in [-0.2, -0.15) is 5.10 Å². The van der Waals surface area contributed by atoms with Gasteiger partial charge in [0.05, 0.1) is 5.69 Å². The second-order valence-corrected chi connectivity index (χ2v) is 6.95. The molecule has 122 valence electrons. The van der Waals surface area contributed by atoms with Crippen LogP contribution in [0.4, 0.5) is 4.79 Å². The number of aromatic nitrogens is 2. The average molecular weight is 327 g/mol. The fourth-order valence-corrected chi connectivity index (χ4v) is 2.43. The predicted octanol–water partition coefficient (Wildman–Crippen LogP) is 2.48. The Balaban J connectivity index is 1.70. The number of nitrogens with one attached hydrogen (secondary N) is 1. The zero-order chi connectivity index (χ0) is 16.2. The van der Waals surface area contributed by atoms with Crippen molar-refractivity contribution in [1.29, 1.82) is 0 Å². The summed E-state index contributed by atoms with van der Waals surface area (Å²) in [4.78, 5) is 13.8. The van der Waals surface area contributed by atoms with E-state index in [-0.39, 0.29) is 6.09 Å². The van der Waals surface area contributed by atoms with E-state index in [1.54, 1.807) is 11.0 Å². The van der Waals surface area contributed by atoms with Gasteiger partial charge in [0.15, 0.2) is 5.15 Å². The van der Waals surface area contributed by atoms with Crippen molar-refractivity contribution in [3.8, 4) is 0 Å². The number of nitrogens with zero attached hydrogens (tertiary/aromatic N) is 3. The maximum atomic E-state index is 12.0. The molecule has 1 aromatic rings. The highest BCUT2D eigenvalue weighted by Crippen LogP contribution is 2.19.